The molecule has 124 valence electrons. The number of hydrogen-bond donors (Lipinski definition) is 3. The SMILES string of the molecule is O=C(O)C[C@H](O)C[C@H](O)/C=C/C=C1\CCCCc2ccccc21. The summed E-state index contributed by atoms with van der Waals surface area (Å²) in [4.78, 5) is 10.5. The van der Waals surface area contributed by atoms with Crippen molar-refractivity contribution in [3.8, 4) is 0 Å². The molecule has 3 N–H and O–H groups in total. The number of aliphatic hydroxyl groups is 2. The van der Waals surface area contributed by atoms with Crippen molar-refractivity contribution < 1.29 is 20.1 Å². The molecule has 0 spiro atoms. The second-order valence-electron chi connectivity index (χ2n) is 6.00. The van der Waals surface area contributed by atoms with Crippen LogP contribution in [0.4, 0.5) is 0 Å². The number of aliphatic carboxylic acids is 1. The monoisotopic (exact) mass is 316 g/mol. The largest absolute Gasteiger partial charge is 0.481 e. The molecule has 1 aromatic carbocycles. The number of rotatable bonds is 6. The maximum Gasteiger partial charge on any atom is 0.305 e. The Bertz CT molecular complexity index is 589. The molecular weight excluding hydrogens is 292 g/mol. The molecule has 0 fully saturated rings. The fourth-order valence-electron chi connectivity index (χ4n) is 2.93. The lowest BCUT2D eigenvalue weighted by molar-refractivity contribution is -0.139. The number of hydrogen-bond acceptors (Lipinski definition) is 3. The van der Waals surface area contributed by atoms with Crippen LogP contribution in [-0.2, 0) is 11.2 Å². The summed E-state index contributed by atoms with van der Waals surface area (Å²) in [6, 6.07) is 8.40. The second-order valence-corrected chi connectivity index (χ2v) is 6.00. The molecule has 23 heavy (non-hydrogen) atoms. The van der Waals surface area contributed by atoms with Gasteiger partial charge in [-0.15, -0.1) is 0 Å². The first kappa shape index (κ1) is 17.4. The van der Waals surface area contributed by atoms with E-state index in [2.05, 4.69) is 18.2 Å². The normalized spacial score (nSPS) is 19.3. The lowest BCUT2D eigenvalue weighted by Crippen LogP contribution is -2.19. The van der Waals surface area contributed by atoms with Crippen LogP contribution in [0.2, 0.25) is 0 Å². The van der Waals surface area contributed by atoms with E-state index in [1.54, 1.807) is 12.2 Å². The first-order valence-corrected chi connectivity index (χ1v) is 8.10. The van der Waals surface area contributed by atoms with E-state index in [0.717, 1.165) is 19.3 Å². The minimum atomic E-state index is -1.06. The van der Waals surface area contributed by atoms with Crippen LogP contribution in [-0.4, -0.2) is 33.5 Å². The van der Waals surface area contributed by atoms with Crippen LogP contribution in [0.25, 0.3) is 5.57 Å². The van der Waals surface area contributed by atoms with Crippen molar-refractivity contribution in [3.63, 3.8) is 0 Å². The molecule has 0 aliphatic heterocycles. The van der Waals surface area contributed by atoms with E-state index >= 15 is 0 Å². The number of fused-ring (bicyclic) bond motifs is 1. The summed E-state index contributed by atoms with van der Waals surface area (Å²) in [5, 5.41) is 28.0. The molecule has 0 radical (unpaired) electrons. The van der Waals surface area contributed by atoms with Gasteiger partial charge in [-0.1, -0.05) is 42.5 Å². The van der Waals surface area contributed by atoms with Crippen LogP contribution in [0.15, 0.2) is 42.5 Å². The molecule has 4 heteroatoms. The highest BCUT2D eigenvalue weighted by Gasteiger charge is 2.13. The van der Waals surface area contributed by atoms with E-state index in [-0.39, 0.29) is 12.8 Å². The lowest BCUT2D eigenvalue weighted by atomic mass is 9.98. The lowest BCUT2D eigenvalue weighted by Gasteiger charge is -2.10. The van der Waals surface area contributed by atoms with Crippen LogP contribution in [0, 0.1) is 0 Å². The van der Waals surface area contributed by atoms with Gasteiger partial charge in [-0.05, 0) is 42.4 Å². The molecule has 2 atom stereocenters. The average molecular weight is 316 g/mol. The van der Waals surface area contributed by atoms with E-state index in [1.165, 1.54) is 23.1 Å². The van der Waals surface area contributed by atoms with E-state index in [9.17, 15) is 15.0 Å². The van der Waals surface area contributed by atoms with Gasteiger partial charge in [0, 0.05) is 6.42 Å². The number of carboxylic acid groups (broad SMARTS) is 1. The van der Waals surface area contributed by atoms with Gasteiger partial charge in [-0.25, -0.2) is 0 Å². The molecule has 2 rings (SSSR count). The molecule has 1 aliphatic rings. The fourth-order valence-corrected chi connectivity index (χ4v) is 2.93. The molecule has 0 aromatic heterocycles. The summed E-state index contributed by atoms with van der Waals surface area (Å²) >= 11 is 0. The van der Waals surface area contributed by atoms with Crippen LogP contribution < -0.4 is 0 Å². The van der Waals surface area contributed by atoms with Crippen molar-refractivity contribution >= 4 is 11.5 Å². The Balaban J connectivity index is 2.00. The third kappa shape index (κ3) is 5.66. The first-order chi connectivity index (χ1) is 11.1. The van der Waals surface area contributed by atoms with Crippen molar-refractivity contribution in [1.82, 2.24) is 0 Å². The van der Waals surface area contributed by atoms with Gasteiger partial charge in [0.05, 0.1) is 18.6 Å². The molecule has 4 nitrogen and oxygen atoms in total. The predicted molar refractivity (Wildman–Crippen MR) is 90.0 cm³/mol. The number of allylic oxidation sites excluding steroid dienone is 3. The van der Waals surface area contributed by atoms with Crippen LogP contribution in [0.3, 0.4) is 0 Å². The van der Waals surface area contributed by atoms with Crippen molar-refractivity contribution in [1.29, 1.82) is 0 Å². The van der Waals surface area contributed by atoms with E-state index in [4.69, 9.17) is 5.11 Å². The predicted octanol–water partition coefficient (Wildman–Crippen LogP) is 2.94. The minimum absolute atomic E-state index is 0.0303. The summed E-state index contributed by atoms with van der Waals surface area (Å²) in [6.45, 7) is 0. The van der Waals surface area contributed by atoms with Gasteiger partial charge in [0.1, 0.15) is 0 Å². The Hall–Kier alpha value is -1.91. The van der Waals surface area contributed by atoms with Gasteiger partial charge < -0.3 is 15.3 Å². The third-order valence-corrected chi connectivity index (χ3v) is 4.06. The van der Waals surface area contributed by atoms with Crippen LogP contribution in [0.5, 0.6) is 0 Å². The molecule has 0 saturated heterocycles. The van der Waals surface area contributed by atoms with Crippen molar-refractivity contribution in [2.24, 2.45) is 0 Å². The molecule has 0 bridgehead atoms. The Morgan fingerprint density at radius 2 is 1.91 bits per heavy atom. The summed E-state index contributed by atoms with van der Waals surface area (Å²) in [6.07, 6.45) is 7.66. The maximum atomic E-state index is 10.5. The highest BCUT2D eigenvalue weighted by Crippen LogP contribution is 2.29. The van der Waals surface area contributed by atoms with Gasteiger partial charge in [-0.3, -0.25) is 4.79 Å². The van der Waals surface area contributed by atoms with Crippen molar-refractivity contribution in [3.05, 3.63) is 53.6 Å². The molecule has 1 aromatic rings. The third-order valence-electron chi connectivity index (χ3n) is 4.06. The van der Waals surface area contributed by atoms with Gasteiger partial charge in [0.25, 0.3) is 0 Å². The number of carboxylic acids is 1. The molecule has 0 saturated carbocycles. The second kappa shape index (κ2) is 8.65. The number of aliphatic hydroxyl groups excluding tert-OH is 2. The zero-order valence-electron chi connectivity index (χ0n) is 13.2. The molecule has 0 amide bonds. The quantitative estimate of drug-likeness (QED) is 0.705. The molecule has 1 aliphatic carbocycles. The Morgan fingerprint density at radius 1 is 1.17 bits per heavy atom. The maximum absolute atomic E-state index is 10.5. The highest BCUT2D eigenvalue weighted by molar-refractivity contribution is 5.70. The van der Waals surface area contributed by atoms with Gasteiger partial charge >= 0.3 is 5.97 Å². The van der Waals surface area contributed by atoms with E-state index < -0.39 is 18.2 Å². The van der Waals surface area contributed by atoms with E-state index in [0.29, 0.717) is 0 Å². The van der Waals surface area contributed by atoms with Crippen LogP contribution in [0.1, 0.15) is 43.2 Å². The summed E-state index contributed by atoms with van der Waals surface area (Å²) in [5.74, 6) is -1.06. The van der Waals surface area contributed by atoms with Gasteiger partial charge in [-0.2, -0.15) is 0 Å². The number of benzene rings is 1. The highest BCUT2D eigenvalue weighted by atomic mass is 16.4. The number of carbonyl (C=O) groups is 1. The number of aryl methyl sites for hydroxylation is 1. The molecular formula is C19H24O4. The Labute approximate surface area is 136 Å². The Kier molecular flexibility index (Phi) is 6.56. The van der Waals surface area contributed by atoms with E-state index in [1.807, 2.05) is 12.1 Å². The molecule has 0 heterocycles. The molecule has 0 unspecified atom stereocenters. The zero-order chi connectivity index (χ0) is 16.7. The first-order valence-electron chi connectivity index (χ1n) is 8.10. The van der Waals surface area contributed by atoms with Crippen molar-refractivity contribution in [2.45, 2.75) is 50.7 Å². The average Bonchev–Trinajstić information content (AvgIpc) is 2.69. The van der Waals surface area contributed by atoms with Crippen LogP contribution >= 0.6 is 0 Å². The van der Waals surface area contributed by atoms with Crippen molar-refractivity contribution in [2.75, 3.05) is 0 Å². The Morgan fingerprint density at radius 3 is 2.70 bits per heavy atom. The topological polar surface area (TPSA) is 77.8 Å². The summed E-state index contributed by atoms with van der Waals surface area (Å²) < 4.78 is 0. The standard InChI is InChI=1S/C19H24O4/c20-16(12-17(21)13-19(22)23)10-5-9-15-7-2-1-6-14-8-3-4-11-18(14)15/h3-5,8-11,16-17,20-21H,1-2,6-7,12-13H2,(H,22,23)/b10-5+,15-9+/t16-,17-/m1/s1. The summed E-state index contributed by atoms with van der Waals surface area (Å²) in [5.41, 5.74) is 3.89. The smallest absolute Gasteiger partial charge is 0.305 e. The minimum Gasteiger partial charge on any atom is -0.481 e. The fraction of sp³-hybridized carbons (Fsp3) is 0.421. The van der Waals surface area contributed by atoms with Gasteiger partial charge in [0.15, 0.2) is 0 Å². The van der Waals surface area contributed by atoms with Gasteiger partial charge in [0.2, 0.25) is 0 Å². The zero-order valence-corrected chi connectivity index (χ0v) is 13.2. The summed E-state index contributed by atoms with van der Waals surface area (Å²) in [7, 11) is 0.